The van der Waals surface area contributed by atoms with E-state index >= 15 is 0 Å². The van der Waals surface area contributed by atoms with Gasteiger partial charge in [-0.2, -0.15) is 0 Å². The average Bonchev–Trinajstić information content (AvgIpc) is 2.65. The van der Waals surface area contributed by atoms with Crippen molar-refractivity contribution in [3.05, 3.63) is 71.8 Å². The second kappa shape index (κ2) is 9.27. The van der Waals surface area contributed by atoms with E-state index in [1.54, 1.807) is 0 Å². The van der Waals surface area contributed by atoms with Crippen LogP contribution >= 0.6 is 0 Å². The summed E-state index contributed by atoms with van der Waals surface area (Å²) >= 11 is 0. The number of benzene rings is 2. The molecule has 0 atom stereocenters. The average molecular weight is 324 g/mol. The molecule has 0 bridgehead atoms. The summed E-state index contributed by atoms with van der Waals surface area (Å²) in [4.78, 5) is 12.7. The van der Waals surface area contributed by atoms with Crippen LogP contribution < -0.4 is 0 Å². The van der Waals surface area contributed by atoms with E-state index in [1.165, 1.54) is 0 Å². The summed E-state index contributed by atoms with van der Waals surface area (Å²) in [6, 6.07) is 19.5. The molecule has 0 fully saturated rings. The standard InChI is InChI=1S/C22H28O2/c1-3-5-17-22(18-6-4-2,20-15-11-8-12-16-20)24-21(23)19-13-9-7-10-14-19/h7-16H,3-6,17-18H2,1-2H3. The lowest BCUT2D eigenvalue weighted by Gasteiger charge is -2.34. The van der Waals surface area contributed by atoms with E-state index in [9.17, 15) is 4.79 Å². The molecule has 0 aliphatic heterocycles. The van der Waals surface area contributed by atoms with Gasteiger partial charge in [0.2, 0.25) is 0 Å². The fourth-order valence-corrected chi connectivity index (χ4v) is 3.05. The summed E-state index contributed by atoms with van der Waals surface area (Å²) < 4.78 is 6.18. The van der Waals surface area contributed by atoms with Crippen LogP contribution in [0.1, 0.15) is 68.3 Å². The lowest BCUT2D eigenvalue weighted by atomic mass is 9.83. The molecule has 2 rings (SSSR count). The number of carbonyl (C=O) groups is 1. The molecule has 0 aliphatic carbocycles. The zero-order chi connectivity index (χ0) is 17.3. The number of unbranched alkanes of at least 4 members (excludes halogenated alkanes) is 2. The molecule has 0 heterocycles. The maximum absolute atomic E-state index is 12.7. The molecule has 0 N–H and O–H groups in total. The second-order valence-electron chi connectivity index (χ2n) is 6.32. The minimum Gasteiger partial charge on any atom is -0.451 e. The van der Waals surface area contributed by atoms with E-state index in [2.05, 4.69) is 26.0 Å². The van der Waals surface area contributed by atoms with E-state index < -0.39 is 5.60 Å². The van der Waals surface area contributed by atoms with E-state index in [4.69, 9.17) is 4.74 Å². The minimum absolute atomic E-state index is 0.230. The summed E-state index contributed by atoms with van der Waals surface area (Å²) in [5.41, 5.74) is 1.20. The number of hydrogen-bond acceptors (Lipinski definition) is 2. The van der Waals surface area contributed by atoms with Gasteiger partial charge >= 0.3 is 5.97 Å². The van der Waals surface area contributed by atoms with Crippen LogP contribution in [0.15, 0.2) is 60.7 Å². The Hall–Kier alpha value is -2.09. The molecular weight excluding hydrogens is 296 g/mol. The molecular formula is C22H28O2. The Balaban J connectivity index is 2.33. The number of rotatable bonds is 9. The number of esters is 1. The summed E-state index contributed by atoms with van der Waals surface area (Å²) in [5, 5.41) is 0. The second-order valence-corrected chi connectivity index (χ2v) is 6.32. The third-order valence-electron chi connectivity index (χ3n) is 4.47. The highest BCUT2D eigenvalue weighted by atomic mass is 16.6. The van der Waals surface area contributed by atoms with Crippen LogP contribution in [-0.2, 0) is 10.3 Å². The quantitative estimate of drug-likeness (QED) is 0.519. The Bertz CT molecular complexity index is 596. The SMILES string of the molecule is CCCCC(CCCC)(OC(=O)c1ccccc1)c1ccccc1. The highest BCUT2D eigenvalue weighted by molar-refractivity contribution is 5.89. The van der Waals surface area contributed by atoms with Gasteiger partial charge in [0.05, 0.1) is 5.56 Å². The Morgan fingerprint density at radius 2 is 1.33 bits per heavy atom. The maximum atomic E-state index is 12.7. The molecule has 0 unspecified atom stereocenters. The normalized spacial score (nSPS) is 11.2. The summed E-state index contributed by atoms with van der Waals surface area (Å²) in [6.07, 6.45) is 5.99. The molecule has 0 aromatic heterocycles. The van der Waals surface area contributed by atoms with Gasteiger partial charge in [-0.3, -0.25) is 0 Å². The summed E-state index contributed by atoms with van der Waals surface area (Å²) in [7, 11) is 0. The molecule has 0 aliphatic rings. The zero-order valence-electron chi connectivity index (χ0n) is 14.8. The smallest absolute Gasteiger partial charge is 0.339 e. The van der Waals surface area contributed by atoms with Crippen molar-refractivity contribution >= 4 is 5.97 Å². The van der Waals surface area contributed by atoms with Gasteiger partial charge in [-0.05, 0) is 43.4 Å². The zero-order valence-corrected chi connectivity index (χ0v) is 14.8. The first-order valence-electron chi connectivity index (χ1n) is 9.06. The Morgan fingerprint density at radius 3 is 1.83 bits per heavy atom. The molecule has 2 aromatic rings. The lowest BCUT2D eigenvalue weighted by molar-refractivity contribution is -0.0335. The van der Waals surface area contributed by atoms with Crippen molar-refractivity contribution in [2.45, 2.75) is 58.0 Å². The van der Waals surface area contributed by atoms with Crippen LogP contribution in [0.2, 0.25) is 0 Å². The number of carbonyl (C=O) groups excluding carboxylic acids is 1. The van der Waals surface area contributed by atoms with Crippen molar-refractivity contribution < 1.29 is 9.53 Å². The predicted octanol–water partition coefficient (Wildman–Crippen LogP) is 6.12. The van der Waals surface area contributed by atoms with Gasteiger partial charge in [0.25, 0.3) is 0 Å². The van der Waals surface area contributed by atoms with E-state index in [0.29, 0.717) is 5.56 Å². The van der Waals surface area contributed by atoms with E-state index in [1.807, 2.05) is 48.5 Å². The third-order valence-corrected chi connectivity index (χ3v) is 4.47. The fraction of sp³-hybridized carbons (Fsp3) is 0.409. The first-order valence-corrected chi connectivity index (χ1v) is 9.06. The van der Waals surface area contributed by atoms with Gasteiger partial charge in [-0.15, -0.1) is 0 Å². The van der Waals surface area contributed by atoms with Crippen LogP contribution in [-0.4, -0.2) is 5.97 Å². The fourth-order valence-electron chi connectivity index (χ4n) is 3.05. The molecule has 2 heteroatoms. The van der Waals surface area contributed by atoms with Gasteiger partial charge in [0.1, 0.15) is 5.60 Å². The maximum Gasteiger partial charge on any atom is 0.339 e. The Kier molecular flexibility index (Phi) is 7.05. The van der Waals surface area contributed by atoms with Crippen LogP contribution in [0.25, 0.3) is 0 Å². The van der Waals surface area contributed by atoms with Crippen molar-refractivity contribution in [2.24, 2.45) is 0 Å². The lowest BCUT2D eigenvalue weighted by Crippen LogP contribution is -2.33. The molecule has 0 radical (unpaired) electrons. The molecule has 0 saturated carbocycles. The largest absolute Gasteiger partial charge is 0.451 e. The minimum atomic E-state index is -0.528. The number of ether oxygens (including phenoxy) is 1. The van der Waals surface area contributed by atoms with E-state index in [-0.39, 0.29) is 5.97 Å². The molecule has 0 amide bonds. The molecule has 0 saturated heterocycles. The van der Waals surface area contributed by atoms with Gasteiger partial charge in [0.15, 0.2) is 0 Å². The Labute approximate surface area is 145 Å². The van der Waals surface area contributed by atoms with Crippen LogP contribution in [0.3, 0.4) is 0 Å². The van der Waals surface area contributed by atoms with Crippen molar-refractivity contribution in [2.75, 3.05) is 0 Å². The molecule has 0 spiro atoms. The first-order chi connectivity index (χ1) is 11.7. The van der Waals surface area contributed by atoms with Crippen molar-refractivity contribution in [1.29, 1.82) is 0 Å². The van der Waals surface area contributed by atoms with Gasteiger partial charge in [-0.25, -0.2) is 4.79 Å². The van der Waals surface area contributed by atoms with E-state index in [0.717, 1.165) is 44.1 Å². The van der Waals surface area contributed by atoms with Crippen molar-refractivity contribution in [1.82, 2.24) is 0 Å². The van der Waals surface area contributed by atoms with Crippen LogP contribution in [0.5, 0.6) is 0 Å². The molecule has 2 aromatic carbocycles. The predicted molar refractivity (Wildman–Crippen MR) is 99.0 cm³/mol. The summed E-state index contributed by atoms with van der Waals surface area (Å²) in [6.45, 7) is 4.35. The monoisotopic (exact) mass is 324 g/mol. The van der Waals surface area contributed by atoms with Crippen molar-refractivity contribution in [3.63, 3.8) is 0 Å². The molecule has 2 nitrogen and oxygen atoms in total. The molecule has 24 heavy (non-hydrogen) atoms. The summed E-state index contributed by atoms with van der Waals surface area (Å²) in [5.74, 6) is -0.230. The highest BCUT2D eigenvalue weighted by Gasteiger charge is 2.35. The molecule has 128 valence electrons. The highest BCUT2D eigenvalue weighted by Crippen LogP contribution is 2.37. The van der Waals surface area contributed by atoms with Crippen molar-refractivity contribution in [3.8, 4) is 0 Å². The van der Waals surface area contributed by atoms with Crippen LogP contribution in [0.4, 0.5) is 0 Å². The third kappa shape index (κ3) is 4.70. The first kappa shape index (κ1) is 18.3. The van der Waals surface area contributed by atoms with Gasteiger partial charge in [-0.1, -0.05) is 75.2 Å². The number of hydrogen-bond donors (Lipinski definition) is 0. The van der Waals surface area contributed by atoms with Crippen LogP contribution in [0, 0.1) is 0 Å². The van der Waals surface area contributed by atoms with Gasteiger partial charge in [0, 0.05) is 0 Å². The Morgan fingerprint density at radius 1 is 0.833 bits per heavy atom. The topological polar surface area (TPSA) is 26.3 Å². The van der Waals surface area contributed by atoms with Gasteiger partial charge < -0.3 is 4.74 Å².